The molecule has 0 aliphatic heterocycles. The normalized spacial score (nSPS) is 11.9. The van der Waals surface area contributed by atoms with Gasteiger partial charge in [0, 0.05) is 6.26 Å². The molecule has 1 rings (SSSR count). The van der Waals surface area contributed by atoms with Gasteiger partial charge in [-0.15, -0.1) is 0 Å². The highest BCUT2D eigenvalue weighted by Gasteiger charge is 2.31. The smallest absolute Gasteiger partial charge is 0.310 e. The Morgan fingerprint density at radius 1 is 1.40 bits per heavy atom. The highest BCUT2D eigenvalue weighted by Crippen LogP contribution is 2.33. The lowest BCUT2D eigenvalue weighted by Gasteiger charge is -2.23. The van der Waals surface area contributed by atoms with E-state index in [9.17, 15) is 23.3 Å². The van der Waals surface area contributed by atoms with E-state index in [1.165, 1.54) is 26.0 Å². The van der Waals surface area contributed by atoms with Crippen LogP contribution in [-0.2, 0) is 14.6 Å². The number of para-hydroxylation sites is 1. The first-order chi connectivity index (χ1) is 8.97. The van der Waals surface area contributed by atoms with Gasteiger partial charge in [-0.05, 0) is 26.0 Å². The number of nitrogens with one attached hydrogen (secondary N) is 1. The Hall–Kier alpha value is -2.16. The van der Waals surface area contributed by atoms with Gasteiger partial charge < -0.3 is 11.1 Å². The molecule has 0 fully saturated rings. The average molecular weight is 301 g/mol. The molecule has 0 atom stereocenters. The van der Waals surface area contributed by atoms with Crippen LogP contribution in [0.5, 0.6) is 0 Å². The number of rotatable bonds is 5. The maximum atomic E-state index is 11.6. The minimum atomic E-state index is -3.77. The number of carbonyl (C=O) groups excluding carboxylic acids is 1. The summed E-state index contributed by atoms with van der Waals surface area (Å²) in [5, 5.41) is 13.7. The zero-order chi connectivity index (χ0) is 15.7. The van der Waals surface area contributed by atoms with Crippen molar-refractivity contribution in [3.63, 3.8) is 0 Å². The van der Waals surface area contributed by atoms with Crippen LogP contribution < -0.4 is 11.1 Å². The molecule has 9 heteroatoms. The number of nitro benzene ring substituents is 1. The standard InChI is InChI=1S/C11H15N3O5S/c1-11(2,10(12)15)13-7-5-4-6-8(20(3,18)19)9(7)14(16)17/h4-6,13H,1-3H3,(H2,12,15). The third-order valence-electron chi connectivity index (χ3n) is 2.64. The fraction of sp³-hybridized carbons (Fsp3) is 0.364. The lowest BCUT2D eigenvalue weighted by Crippen LogP contribution is -2.45. The summed E-state index contributed by atoms with van der Waals surface area (Å²) in [5.41, 5.74) is 3.23. The Labute approximate surface area is 116 Å². The molecule has 110 valence electrons. The molecule has 0 spiro atoms. The van der Waals surface area contributed by atoms with Crippen LogP contribution >= 0.6 is 0 Å². The SMILES string of the molecule is CC(C)(Nc1cccc(S(C)(=O)=O)c1[N+](=O)[O-])C(N)=O. The Balaban J connectivity index is 3.50. The molecule has 1 aromatic carbocycles. The Morgan fingerprint density at radius 3 is 2.35 bits per heavy atom. The largest absolute Gasteiger partial charge is 0.368 e. The first-order valence-electron chi connectivity index (χ1n) is 5.52. The second-order valence-electron chi connectivity index (χ2n) is 4.80. The van der Waals surface area contributed by atoms with Crippen LogP contribution in [0, 0.1) is 10.1 Å². The van der Waals surface area contributed by atoms with Crippen molar-refractivity contribution in [1.82, 2.24) is 0 Å². The number of sulfone groups is 1. The van der Waals surface area contributed by atoms with Gasteiger partial charge in [-0.2, -0.15) is 0 Å². The van der Waals surface area contributed by atoms with Crippen LogP contribution in [0.1, 0.15) is 13.8 Å². The number of hydrogen-bond acceptors (Lipinski definition) is 6. The van der Waals surface area contributed by atoms with Crippen molar-refractivity contribution >= 4 is 27.1 Å². The van der Waals surface area contributed by atoms with E-state index in [0.29, 0.717) is 0 Å². The molecule has 3 N–H and O–H groups in total. The minimum Gasteiger partial charge on any atom is -0.368 e. The lowest BCUT2D eigenvalue weighted by atomic mass is 10.0. The van der Waals surface area contributed by atoms with Crippen LogP contribution in [0.2, 0.25) is 0 Å². The van der Waals surface area contributed by atoms with Crippen LogP contribution in [0.4, 0.5) is 11.4 Å². The van der Waals surface area contributed by atoms with E-state index < -0.39 is 36.8 Å². The molecule has 0 aliphatic carbocycles. The average Bonchev–Trinajstić information content (AvgIpc) is 2.26. The molecule has 0 heterocycles. The minimum absolute atomic E-state index is 0.0817. The third-order valence-corrected chi connectivity index (χ3v) is 3.77. The van der Waals surface area contributed by atoms with E-state index in [0.717, 1.165) is 12.3 Å². The molecule has 0 unspecified atom stereocenters. The van der Waals surface area contributed by atoms with E-state index in [1.807, 2.05) is 0 Å². The first kappa shape index (κ1) is 15.9. The molecular formula is C11H15N3O5S. The first-order valence-corrected chi connectivity index (χ1v) is 7.41. The summed E-state index contributed by atoms with van der Waals surface area (Å²) in [7, 11) is -3.77. The van der Waals surface area contributed by atoms with E-state index >= 15 is 0 Å². The lowest BCUT2D eigenvalue weighted by molar-refractivity contribution is -0.386. The number of anilines is 1. The van der Waals surface area contributed by atoms with Crippen LogP contribution in [0.15, 0.2) is 23.1 Å². The van der Waals surface area contributed by atoms with Gasteiger partial charge in [-0.3, -0.25) is 14.9 Å². The maximum Gasteiger partial charge on any atom is 0.310 e. The number of nitrogens with two attached hydrogens (primary N) is 1. The van der Waals surface area contributed by atoms with Crippen LogP contribution in [0.3, 0.4) is 0 Å². The summed E-state index contributed by atoms with van der Waals surface area (Å²) in [6.07, 6.45) is 0.873. The van der Waals surface area contributed by atoms with Gasteiger partial charge in [0.1, 0.15) is 16.1 Å². The van der Waals surface area contributed by atoms with Gasteiger partial charge in [0.15, 0.2) is 9.84 Å². The second kappa shape index (κ2) is 5.08. The summed E-state index contributed by atoms with van der Waals surface area (Å²) >= 11 is 0. The summed E-state index contributed by atoms with van der Waals surface area (Å²) in [4.78, 5) is 21.2. The van der Waals surface area contributed by atoms with E-state index in [1.54, 1.807) is 0 Å². The van der Waals surface area contributed by atoms with Crippen molar-refractivity contribution in [3.8, 4) is 0 Å². The molecule has 0 radical (unpaired) electrons. The van der Waals surface area contributed by atoms with Crippen LogP contribution in [0.25, 0.3) is 0 Å². The van der Waals surface area contributed by atoms with Crippen molar-refractivity contribution in [2.75, 3.05) is 11.6 Å². The predicted octanol–water partition coefficient (Wildman–Crippen LogP) is 0.674. The number of carbonyl (C=O) groups is 1. The molecule has 1 aromatic rings. The summed E-state index contributed by atoms with van der Waals surface area (Å²) < 4.78 is 23.2. The summed E-state index contributed by atoms with van der Waals surface area (Å²) in [6.45, 7) is 2.87. The van der Waals surface area contributed by atoms with Gasteiger partial charge in [0.25, 0.3) is 0 Å². The number of benzene rings is 1. The van der Waals surface area contributed by atoms with Crippen molar-refractivity contribution in [1.29, 1.82) is 0 Å². The van der Waals surface area contributed by atoms with Gasteiger partial charge in [-0.1, -0.05) is 6.07 Å². The molecule has 0 saturated carbocycles. The number of primary amides is 1. The van der Waals surface area contributed by atoms with Gasteiger partial charge in [0.2, 0.25) is 5.91 Å². The van der Waals surface area contributed by atoms with Crippen molar-refractivity contribution in [3.05, 3.63) is 28.3 Å². The number of amides is 1. The zero-order valence-electron chi connectivity index (χ0n) is 11.2. The molecule has 0 bridgehead atoms. The molecule has 8 nitrogen and oxygen atoms in total. The molecule has 20 heavy (non-hydrogen) atoms. The third kappa shape index (κ3) is 3.23. The van der Waals surface area contributed by atoms with Gasteiger partial charge in [-0.25, -0.2) is 8.42 Å². The molecule has 1 amide bonds. The number of nitro groups is 1. The second-order valence-corrected chi connectivity index (χ2v) is 6.78. The highest BCUT2D eigenvalue weighted by atomic mass is 32.2. The number of hydrogen-bond donors (Lipinski definition) is 2. The predicted molar refractivity (Wildman–Crippen MR) is 73.1 cm³/mol. The Morgan fingerprint density at radius 2 is 1.95 bits per heavy atom. The fourth-order valence-corrected chi connectivity index (χ4v) is 2.37. The quantitative estimate of drug-likeness (QED) is 0.606. The van der Waals surface area contributed by atoms with E-state index in [2.05, 4.69) is 5.32 Å². The zero-order valence-corrected chi connectivity index (χ0v) is 12.0. The molecule has 0 aromatic heterocycles. The van der Waals surface area contributed by atoms with Gasteiger partial charge >= 0.3 is 5.69 Å². The monoisotopic (exact) mass is 301 g/mol. The van der Waals surface area contributed by atoms with Crippen molar-refractivity contribution < 1.29 is 18.1 Å². The van der Waals surface area contributed by atoms with E-state index in [-0.39, 0.29) is 5.69 Å². The molecule has 0 saturated heterocycles. The van der Waals surface area contributed by atoms with Crippen molar-refractivity contribution in [2.24, 2.45) is 5.73 Å². The summed E-state index contributed by atoms with van der Waals surface area (Å²) in [5.74, 6) is -0.725. The van der Waals surface area contributed by atoms with E-state index in [4.69, 9.17) is 5.73 Å². The van der Waals surface area contributed by atoms with Crippen LogP contribution in [-0.4, -0.2) is 31.0 Å². The molecule has 0 aliphatic rings. The highest BCUT2D eigenvalue weighted by molar-refractivity contribution is 7.90. The van der Waals surface area contributed by atoms with Crippen molar-refractivity contribution in [2.45, 2.75) is 24.3 Å². The Bertz CT molecular complexity index is 667. The van der Waals surface area contributed by atoms with Gasteiger partial charge in [0.05, 0.1) is 4.92 Å². The fourth-order valence-electron chi connectivity index (χ4n) is 1.51. The summed E-state index contributed by atoms with van der Waals surface area (Å²) in [6, 6.07) is 3.80. The topological polar surface area (TPSA) is 132 Å². The Kier molecular flexibility index (Phi) is 4.04. The number of nitrogens with zero attached hydrogens (tertiary/aromatic N) is 1. The molecular weight excluding hydrogens is 286 g/mol. The maximum absolute atomic E-state index is 11.6.